The second-order valence-corrected chi connectivity index (χ2v) is 8.00. The number of rotatable bonds is 6. The zero-order valence-electron chi connectivity index (χ0n) is 15.5. The number of hydrogen-bond donors (Lipinski definition) is 1. The third-order valence-electron chi connectivity index (χ3n) is 5.24. The zero-order valence-corrected chi connectivity index (χ0v) is 16.3. The average molecular weight is 398 g/mol. The van der Waals surface area contributed by atoms with Gasteiger partial charge in [0.15, 0.2) is 5.13 Å². The van der Waals surface area contributed by atoms with Crippen molar-refractivity contribution in [3.05, 3.63) is 47.0 Å². The molecule has 7 nitrogen and oxygen atoms in total. The van der Waals surface area contributed by atoms with Crippen LogP contribution in [-0.2, 0) is 4.79 Å². The molecule has 0 bridgehead atoms. The topological polar surface area (TPSA) is 82.6 Å². The first-order valence-electron chi connectivity index (χ1n) is 9.50. The molecule has 1 saturated heterocycles. The van der Waals surface area contributed by atoms with E-state index in [9.17, 15) is 14.4 Å². The number of imide groups is 1. The van der Waals surface area contributed by atoms with Gasteiger partial charge in [0.2, 0.25) is 5.91 Å². The van der Waals surface area contributed by atoms with Crippen LogP contribution in [0.3, 0.4) is 0 Å². The Labute approximate surface area is 167 Å². The number of nitrogens with one attached hydrogen (secondary N) is 1. The van der Waals surface area contributed by atoms with Gasteiger partial charge in [-0.2, -0.15) is 0 Å². The summed E-state index contributed by atoms with van der Waals surface area (Å²) in [5, 5.41) is 5.96. The molecule has 8 heteroatoms. The molecule has 0 radical (unpaired) electrons. The average Bonchev–Trinajstić information content (AvgIpc) is 3.34. The molecule has 2 aliphatic heterocycles. The Hall–Kier alpha value is -2.74. The van der Waals surface area contributed by atoms with E-state index in [0.717, 1.165) is 36.0 Å². The van der Waals surface area contributed by atoms with E-state index in [1.807, 2.05) is 11.6 Å². The summed E-state index contributed by atoms with van der Waals surface area (Å²) in [7, 11) is 0. The van der Waals surface area contributed by atoms with Crippen LogP contribution in [-0.4, -0.2) is 53.8 Å². The van der Waals surface area contributed by atoms with Crippen molar-refractivity contribution < 1.29 is 14.4 Å². The van der Waals surface area contributed by atoms with Gasteiger partial charge in [-0.25, -0.2) is 4.98 Å². The van der Waals surface area contributed by atoms with Crippen LogP contribution in [0.5, 0.6) is 0 Å². The fraction of sp³-hybridized carbons (Fsp3) is 0.400. The number of piperidine rings is 1. The normalized spacial score (nSPS) is 19.1. The lowest BCUT2D eigenvalue weighted by atomic mass is 9.98. The smallest absolute Gasteiger partial charge is 0.261 e. The molecular weight excluding hydrogens is 376 g/mol. The molecule has 1 unspecified atom stereocenters. The van der Waals surface area contributed by atoms with E-state index in [1.54, 1.807) is 35.6 Å². The molecule has 0 spiro atoms. The molecular formula is C20H22N4O3S. The number of carbonyl (C=O) groups is 3. The first-order chi connectivity index (χ1) is 13.6. The van der Waals surface area contributed by atoms with Gasteiger partial charge < -0.3 is 10.2 Å². The standard InChI is InChI=1S/C20H22N4O3S/c25-17(7-10-24-18(26)15-5-1-2-6-16(15)19(24)27)22-12-14-4-3-9-23(13-14)20-21-8-11-28-20/h1-2,5-6,8,11,14H,3-4,7,9-10,12-13H2,(H,22,25). The monoisotopic (exact) mass is 398 g/mol. The highest BCUT2D eigenvalue weighted by molar-refractivity contribution is 7.13. The van der Waals surface area contributed by atoms with Gasteiger partial charge in [0.1, 0.15) is 0 Å². The predicted molar refractivity (Wildman–Crippen MR) is 106 cm³/mol. The molecule has 1 aromatic heterocycles. The van der Waals surface area contributed by atoms with Gasteiger partial charge in [-0.3, -0.25) is 19.3 Å². The van der Waals surface area contributed by atoms with Gasteiger partial charge in [-0.1, -0.05) is 12.1 Å². The van der Waals surface area contributed by atoms with Crippen molar-refractivity contribution in [2.45, 2.75) is 19.3 Å². The van der Waals surface area contributed by atoms with Crippen LogP contribution in [0.1, 0.15) is 40.0 Å². The van der Waals surface area contributed by atoms with E-state index in [0.29, 0.717) is 23.6 Å². The summed E-state index contributed by atoms with van der Waals surface area (Å²) in [6.07, 6.45) is 4.08. The fourth-order valence-corrected chi connectivity index (χ4v) is 4.46. The SMILES string of the molecule is O=C(CCN1C(=O)c2ccccc2C1=O)NCC1CCCN(c2nccs2)C1. The molecule has 0 aliphatic carbocycles. The minimum absolute atomic E-state index is 0.105. The Balaban J connectivity index is 1.24. The van der Waals surface area contributed by atoms with Crippen molar-refractivity contribution in [3.63, 3.8) is 0 Å². The number of aromatic nitrogens is 1. The molecule has 0 saturated carbocycles. The van der Waals surface area contributed by atoms with Gasteiger partial charge in [0, 0.05) is 44.2 Å². The summed E-state index contributed by atoms with van der Waals surface area (Å²) in [4.78, 5) is 44.7. The van der Waals surface area contributed by atoms with Gasteiger partial charge in [-0.15, -0.1) is 11.3 Å². The van der Waals surface area contributed by atoms with E-state index >= 15 is 0 Å². The maximum absolute atomic E-state index is 12.3. The second kappa shape index (κ2) is 8.10. The Kier molecular flexibility index (Phi) is 5.38. The van der Waals surface area contributed by atoms with Crippen molar-refractivity contribution in [1.82, 2.24) is 15.2 Å². The lowest BCUT2D eigenvalue weighted by molar-refractivity contribution is -0.121. The largest absolute Gasteiger partial charge is 0.356 e. The van der Waals surface area contributed by atoms with Crippen LogP contribution in [0.4, 0.5) is 5.13 Å². The first-order valence-corrected chi connectivity index (χ1v) is 10.4. The number of carbonyl (C=O) groups excluding carboxylic acids is 3. The summed E-state index contributed by atoms with van der Waals surface area (Å²) in [6, 6.07) is 6.76. The summed E-state index contributed by atoms with van der Waals surface area (Å²) < 4.78 is 0. The lowest BCUT2D eigenvalue weighted by Gasteiger charge is -2.32. The predicted octanol–water partition coefficient (Wildman–Crippen LogP) is 2.16. The summed E-state index contributed by atoms with van der Waals surface area (Å²) in [5.74, 6) is -0.400. The highest BCUT2D eigenvalue weighted by Crippen LogP contribution is 2.25. The second-order valence-electron chi connectivity index (χ2n) is 7.13. The maximum atomic E-state index is 12.3. The third kappa shape index (κ3) is 3.77. The quantitative estimate of drug-likeness (QED) is 0.754. The minimum Gasteiger partial charge on any atom is -0.356 e. The molecule has 146 valence electrons. The van der Waals surface area contributed by atoms with E-state index in [1.165, 1.54) is 0 Å². The Morgan fingerprint density at radius 3 is 2.64 bits per heavy atom. The van der Waals surface area contributed by atoms with Crippen LogP contribution in [0.15, 0.2) is 35.8 Å². The highest BCUT2D eigenvalue weighted by atomic mass is 32.1. The zero-order chi connectivity index (χ0) is 19.5. The first kappa shape index (κ1) is 18.6. The molecule has 1 atom stereocenters. The third-order valence-corrected chi connectivity index (χ3v) is 6.07. The number of fused-ring (bicyclic) bond motifs is 1. The van der Waals surface area contributed by atoms with Crippen LogP contribution in [0.25, 0.3) is 0 Å². The van der Waals surface area contributed by atoms with Crippen molar-refractivity contribution in [1.29, 1.82) is 0 Å². The summed E-state index contributed by atoms with van der Waals surface area (Å²) in [6.45, 7) is 2.58. The van der Waals surface area contributed by atoms with Gasteiger partial charge in [-0.05, 0) is 30.9 Å². The molecule has 1 N–H and O–H groups in total. The summed E-state index contributed by atoms with van der Waals surface area (Å²) >= 11 is 1.63. The minimum atomic E-state index is -0.320. The van der Waals surface area contributed by atoms with E-state index < -0.39 is 0 Å². The van der Waals surface area contributed by atoms with Gasteiger partial charge >= 0.3 is 0 Å². The van der Waals surface area contributed by atoms with Crippen molar-refractivity contribution in [2.24, 2.45) is 5.92 Å². The number of nitrogens with zero attached hydrogens (tertiary/aromatic N) is 3. The molecule has 4 rings (SSSR count). The molecule has 3 heterocycles. The molecule has 1 fully saturated rings. The van der Waals surface area contributed by atoms with Crippen LogP contribution < -0.4 is 10.2 Å². The fourth-order valence-electron chi connectivity index (χ4n) is 3.78. The lowest BCUT2D eigenvalue weighted by Crippen LogP contribution is -2.41. The van der Waals surface area contributed by atoms with Gasteiger partial charge in [0.05, 0.1) is 11.1 Å². The number of benzene rings is 1. The Morgan fingerprint density at radius 1 is 1.21 bits per heavy atom. The van der Waals surface area contributed by atoms with Gasteiger partial charge in [0.25, 0.3) is 11.8 Å². The number of anilines is 1. The Morgan fingerprint density at radius 2 is 1.96 bits per heavy atom. The van der Waals surface area contributed by atoms with Crippen LogP contribution in [0, 0.1) is 5.92 Å². The van der Waals surface area contributed by atoms with Crippen molar-refractivity contribution in [3.8, 4) is 0 Å². The van der Waals surface area contributed by atoms with Crippen molar-refractivity contribution in [2.75, 3.05) is 31.1 Å². The molecule has 3 amide bonds. The van der Waals surface area contributed by atoms with E-state index in [4.69, 9.17) is 0 Å². The number of amides is 3. The molecule has 2 aliphatic rings. The highest BCUT2D eigenvalue weighted by Gasteiger charge is 2.35. The van der Waals surface area contributed by atoms with Crippen LogP contribution in [0.2, 0.25) is 0 Å². The number of thiazole rings is 1. The van der Waals surface area contributed by atoms with Crippen LogP contribution >= 0.6 is 11.3 Å². The van der Waals surface area contributed by atoms with E-state index in [-0.39, 0.29) is 30.7 Å². The molecule has 1 aromatic carbocycles. The summed E-state index contributed by atoms with van der Waals surface area (Å²) in [5.41, 5.74) is 0.829. The molecule has 2 aromatic rings. The maximum Gasteiger partial charge on any atom is 0.261 e. The molecule has 28 heavy (non-hydrogen) atoms. The number of hydrogen-bond acceptors (Lipinski definition) is 6. The van der Waals surface area contributed by atoms with E-state index in [2.05, 4.69) is 15.2 Å². The van der Waals surface area contributed by atoms with Crippen molar-refractivity contribution >= 4 is 34.2 Å². The Bertz CT molecular complexity index is 848.